The maximum atomic E-state index is 11.0. The first-order valence-corrected chi connectivity index (χ1v) is 6.55. The normalized spacial score (nSPS) is 34.4. The van der Waals surface area contributed by atoms with Crippen molar-refractivity contribution in [3.8, 4) is 6.07 Å². The molecule has 1 aliphatic rings. The third kappa shape index (κ3) is 1.98. The Bertz CT molecular complexity index is 281. The molecule has 1 rings (SSSR count). The zero-order valence-electron chi connectivity index (χ0n) is 11.1. The second-order valence-electron chi connectivity index (χ2n) is 5.82. The molecule has 0 amide bonds. The predicted molar refractivity (Wildman–Crippen MR) is 65.8 cm³/mol. The zero-order valence-corrected chi connectivity index (χ0v) is 11.1. The molecule has 0 bridgehead atoms. The van der Waals surface area contributed by atoms with E-state index in [0.717, 1.165) is 25.7 Å². The topological polar surface area (TPSA) is 44.0 Å². The molecule has 3 atom stereocenters. The molecule has 16 heavy (non-hydrogen) atoms. The van der Waals surface area contributed by atoms with E-state index in [1.807, 2.05) is 13.8 Å². The molecule has 1 N–H and O–H groups in total. The van der Waals surface area contributed by atoms with E-state index < -0.39 is 11.0 Å². The molecule has 0 radical (unpaired) electrons. The smallest absolute Gasteiger partial charge is 0.0860 e. The lowest BCUT2D eigenvalue weighted by molar-refractivity contribution is -0.133. The number of rotatable bonds is 3. The SMILES string of the molecule is CCC(C)(C#N)C1(O)CCCCC1C(C)C. The minimum absolute atomic E-state index is 0.269. The fourth-order valence-corrected chi connectivity index (χ4v) is 3.23. The maximum Gasteiger partial charge on any atom is 0.0860 e. The summed E-state index contributed by atoms with van der Waals surface area (Å²) < 4.78 is 0. The van der Waals surface area contributed by atoms with Gasteiger partial charge in [0.2, 0.25) is 0 Å². The number of hydrogen-bond acceptors (Lipinski definition) is 2. The average molecular weight is 223 g/mol. The van der Waals surface area contributed by atoms with Crippen LogP contribution in [-0.4, -0.2) is 10.7 Å². The van der Waals surface area contributed by atoms with Gasteiger partial charge in [-0.2, -0.15) is 5.26 Å². The van der Waals surface area contributed by atoms with Gasteiger partial charge in [-0.05, 0) is 38.0 Å². The molecular formula is C14H25NO. The Morgan fingerprint density at radius 1 is 1.50 bits per heavy atom. The van der Waals surface area contributed by atoms with Gasteiger partial charge < -0.3 is 5.11 Å². The molecule has 3 unspecified atom stereocenters. The van der Waals surface area contributed by atoms with E-state index in [4.69, 9.17) is 0 Å². The number of nitrogens with zero attached hydrogens (tertiary/aromatic N) is 1. The van der Waals surface area contributed by atoms with E-state index >= 15 is 0 Å². The highest BCUT2D eigenvalue weighted by Gasteiger charge is 2.52. The van der Waals surface area contributed by atoms with Crippen LogP contribution in [0.1, 0.15) is 59.8 Å². The molecule has 0 spiro atoms. The van der Waals surface area contributed by atoms with Crippen molar-refractivity contribution in [3.05, 3.63) is 0 Å². The largest absolute Gasteiger partial charge is 0.388 e. The van der Waals surface area contributed by atoms with Gasteiger partial charge in [-0.25, -0.2) is 0 Å². The van der Waals surface area contributed by atoms with Crippen LogP contribution >= 0.6 is 0 Å². The Hall–Kier alpha value is -0.550. The van der Waals surface area contributed by atoms with Gasteiger partial charge in [0, 0.05) is 0 Å². The summed E-state index contributed by atoms with van der Waals surface area (Å²) in [5, 5.41) is 20.4. The Balaban J connectivity index is 3.07. The molecule has 1 aliphatic carbocycles. The van der Waals surface area contributed by atoms with Gasteiger partial charge >= 0.3 is 0 Å². The van der Waals surface area contributed by atoms with E-state index in [2.05, 4.69) is 19.9 Å². The van der Waals surface area contributed by atoms with E-state index in [1.165, 1.54) is 6.42 Å². The first-order valence-electron chi connectivity index (χ1n) is 6.55. The molecule has 0 aromatic rings. The van der Waals surface area contributed by atoms with E-state index in [0.29, 0.717) is 5.92 Å². The third-order valence-corrected chi connectivity index (χ3v) is 4.65. The molecule has 1 fully saturated rings. The van der Waals surface area contributed by atoms with Gasteiger partial charge in [-0.1, -0.05) is 33.6 Å². The van der Waals surface area contributed by atoms with Gasteiger partial charge in [-0.15, -0.1) is 0 Å². The van der Waals surface area contributed by atoms with Crippen LogP contribution in [0.15, 0.2) is 0 Å². The van der Waals surface area contributed by atoms with Gasteiger partial charge in [0.1, 0.15) is 0 Å². The summed E-state index contributed by atoms with van der Waals surface area (Å²) in [5.74, 6) is 0.718. The van der Waals surface area contributed by atoms with Crippen LogP contribution in [0.5, 0.6) is 0 Å². The van der Waals surface area contributed by atoms with Crippen LogP contribution < -0.4 is 0 Å². The third-order valence-electron chi connectivity index (χ3n) is 4.65. The second kappa shape index (κ2) is 4.75. The molecule has 0 aromatic carbocycles. The Morgan fingerprint density at radius 2 is 2.12 bits per heavy atom. The Kier molecular flexibility index (Phi) is 4.02. The van der Waals surface area contributed by atoms with Crippen LogP contribution in [0, 0.1) is 28.6 Å². The van der Waals surface area contributed by atoms with E-state index in [-0.39, 0.29) is 5.92 Å². The minimum atomic E-state index is -0.789. The fraction of sp³-hybridized carbons (Fsp3) is 0.929. The van der Waals surface area contributed by atoms with Crippen LogP contribution in [-0.2, 0) is 0 Å². The highest BCUT2D eigenvalue weighted by Crippen LogP contribution is 2.49. The highest BCUT2D eigenvalue weighted by atomic mass is 16.3. The first-order chi connectivity index (χ1) is 7.41. The van der Waals surface area contributed by atoms with Crippen LogP contribution in [0.25, 0.3) is 0 Å². The van der Waals surface area contributed by atoms with Crippen molar-refractivity contribution in [1.29, 1.82) is 5.26 Å². The summed E-state index contributed by atoms with van der Waals surface area (Å²) in [5.41, 5.74) is -1.38. The van der Waals surface area contributed by atoms with Gasteiger partial charge in [0.15, 0.2) is 0 Å². The lowest BCUT2D eigenvalue weighted by Gasteiger charge is -2.50. The number of nitriles is 1. The van der Waals surface area contributed by atoms with Gasteiger partial charge in [0.25, 0.3) is 0 Å². The fourth-order valence-electron chi connectivity index (χ4n) is 3.23. The summed E-state index contributed by atoms with van der Waals surface area (Å²) in [6, 6.07) is 2.37. The summed E-state index contributed by atoms with van der Waals surface area (Å²) >= 11 is 0. The molecule has 0 aliphatic heterocycles. The van der Waals surface area contributed by atoms with E-state index in [9.17, 15) is 10.4 Å². The number of aliphatic hydroxyl groups is 1. The van der Waals surface area contributed by atoms with Crippen molar-refractivity contribution in [2.75, 3.05) is 0 Å². The van der Waals surface area contributed by atoms with Crippen LogP contribution in [0.3, 0.4) is 0 Å². The standard InChI is InChI=1S/C14H25NO/c1-5-13(4,10-15)14(16)9-7-6-8-12(14)11(2)3/h11-12,16H,5-9H2,1-4H3. The summed E-state index contributed by atoms with van der Waals surface area (Å²) in [4.78, 5) is 0. The Labute approximate surface area is 99.7 Å². The quantitative estimate of drug-likeness (QED) is 0.795. The Morgan fingerprint density at radius 3 is 2.56 bits per heavy atom. The molecule has 2 heteroatoms. The molecule has 0 heterocycles. The molecular weight excluding hydrogens is 198 g/mol. The summed E-state index contributed by atoms with van der Waals surface area (Å²) in [7, 11) is 0. The summed E-state index contributed by atoms with van der Waals surface area (Å²) in [6.07, 6.45) is 4.82. The van der Waals surface area contributed by atoms with Crippen molar-refractivity contribution in [1.82, 2.24) is 0 Å². The monoisotopic (exact) mass is 223 g/mol. The van der Waals surface area contributed by atoms with Gasteiger partial charge in [-0.3, -0.25) is 0 Å². The van der Waals surface area contributed by atoms with Crippen LogP contribution in [0.4, 0.5) is 0 Å². The van der Waals surface area contributed by atoms with Crippen molar-refractivity contribution >= 4 is 0 Å². The second-order valence-corrected chi connectivity index (χ2v) is 5.82. The molecule has 0 aromatic heterocycles. The molecule has 92 valence electrons. The lowest BCUT2D eigenvalue weighted by Crippen LogP contribution is -2.54. The maximum absolute atomic E-state index is 11.0. The summed E-state index contributed by atoms with van der Waals surface area (Å²) in [6.45, 7) is 8.25. The first kappa shape index (κ1) is 13.5. The molecule has 1 saturated carbocycles. The van der Waals surface area contributed by atoms with Crippen molar-refractivity contribution < 1.29 is 5.11 Å². The van der Waals surface area contributed by atoms with Crippen molar-refractivity contribution in [3.63, 3.8) is 0 Å². The van der Waals surface area contributed by atoms with Crippen LogP contribution in [0.2, 0.25) is 0 Å². The van der Waals surface area contributed by atoms with E-state index in [1.54, 1.807) is 0 Å². The zero-order chi connectivity index (χ0) is 12.4. The lowest BCUT2D eigenvalue weighted by atomic mass is 9.58. The van der Waals surface area contributed by atoms with Gasteiger partial charge in [0.05, 0.1) is 17.1 Å². The molecule has 0 saturated heterocycles. The number of hydrogen-bond donors (Lipinski definition) is 1. The average Bonchev–Trinajstić information content (AvgIpc) is 2.28. The van der Waals surface area contributed by atoms with Crippen molar-refractivity contribution in [2.45, 2.75) is 65.4 Å². The van der Waals surface area contributed by atoms with Crippen molar-refractivity contribution in [2.24, 2.45) is 17.3 Å². The minimum Gasteiger partial charge on any atom is -0.388 e. The highest BCUT2D eigenvalue weighted by molar-refractivity contribution is 5.12. The molecule has 2 nitrogen and oxygen atoms in total. The predicted octanol–water partition coefficient (Wildman–Crippen LogP) is 3.50.